The highest BCUT2D eigenvalue weighted by Gasteiger charge is 1.96. The smallest absolute Gasteiger partial charge is 0.0888 e. The summed E-state index contributed by atoms with van der Waals surface area (Å²) >= 11 is 0. The van der Waals surface area contributed by atoms with Crippen molar-refractivity contribution in [3.05, 3.63) is 24.0 Å². The zero-order valence-electron chi connectivity index (χ0n) is 8.90. The van der Waals surface area contributed by atoms with Crippen molar-refractivity contribution in [3.63, 3.8) is 0 Å². The average molecular weight is 211 g/mol. The van der Waals surface area contributed by atoms with E-state index in [1.54, 1.807) is 19.4 Å². The first-order valence-corrected chi connectivity index (χ1v) is 4.85. The second-order valence-electron chi connectivity index (χ2n) is 3.08. The largest absolute Gasteiger partial charge is 0.385 e. The molecule has 0 spiro atoms. The van der Waals surface area contributed by atoms with Gasteiger partial charge in [0, 0.05) is 26.5 Å². The highest BCUT2D eigenvalue weighted by Crippen LogP contribution is 2.06. The van der Waals surface area contributed by atoms with Gasteiger partial charge in [0.15, 0.2) is 0 Å². The SMILES string of the molecule is COCCCOCc1cc(NN)ccn1. The first-order chi connectivity index (χ1) is 7.36. The van der Waals surface area contributed by atoms with Gasteiger partial charge in [0.25, 0.3) is 0 Å². The van der Waals surface area contributed by atoms with E-state index in [9.17, 15) is 0 Å². The van der Waals surface area contributed by atoms with Gasteiger partial charge in [-0.2, -0.15) is 0 Å². The van der Waals surface area contributed by atoms with E-state index in [1.807, 2.05) is 6.07 Å². The van der Waals surface area contributed by atoms with E-state index in [4.69, 9.17) is 15.3 Å². The van der Waals surface area contributed by atoms with Crippen LogP contribution in [0.3, 0.4) is 0 Å². The lowest BCUT2D eigenvalue weighted by Gasteiger charge is -2.05. The van der Waals surface area contributed by atoms with E-state index in [0.717, 1.165) is 24.4 Å². The molecule has 1 aromatic rings. The summed E-state index contributed by atoms with van der Waals surface area (Å²) in [4.78, 5) is 4.15. The molecule has 0 aliphatic carbocycles. The summed E-state index contributed by atoms with van der Waals surface area (Å²) in [5.74, 6) is 5.28. The lowest BCUT2D eigenvalue weighted by Crippen LogP contribution is -2.07. The van der Waals surface area contributed by atoms with Crippen molar-refractivity contribution in [2.24, 2.45) is 5.84 Å². The summed E-state index contributed by atoms with van der Waals surface area (Å²) in [7, 11) is 1.68. The van der Waals surface area contributed by atoms with Crippen molar-refractivity contribution in [1.29, 1.82) is 0 Å². The third-order valence-corrected chi connectivity index (χ3v) is 1.87. The summed E-state index contributed by atoms with van der Waals surface area (Å²) in [6.45, 7) is 1.90. The van der Waals surface area contributed by atoms with Crippen molar-refractivity contribution in [3.8, 4) is 0 Å². The summed E-state index contributed by atoms with van der Waals surface area (Å²) in [6, 6.07) is 3.66. The summed E-state index contributed by atoms with van der Waals surface area (Å²) in [5.41, 5.74) is 4.26. The predicted molar refractivity (Wildman–Crippen MR) is 58.2 cm³/mol. The number of nitrogens with one attached hydrogen (secondary N) is 1. The molecule has 1 heterocycles. The number of rotatable bonds is 7. The molecular weight excluding hydrogens is 194 g/mol. The Morgan fingerprint density at radius 2 is 2.33 bits per heavy atom. The van der Waals surface area contributed by atoms with Gasteiger partial charge >= 0.3 is 0 Å². The number of nitrogens with two attached hydrogens (primary N) is 1. The van der Waals surface area contributed by atoms with Gasteiger partial charge < -0.3 is 14.9 Å². The normalized spacial score (nSPS) is 10.3. The minimum atomic E-state index is 0.499. The number of anilines is 1. The number of ether oxygens (including phenoxy) is 2. The standard InChI is InChI=1S/C10H17N3O2/c1-14-5-2-6-15-8-10-7-9(13-11)3-4-12-10/h3-4,7H,2,5-6,8,11H2,1H3,(H,12,13). The van der Waals surface area contributed by atoms with E-state index < -0.39 is 0 Å². The molecular formula is C10H17N3O2. The average Bonchev–Trinajstić information content (AvgIpc) is 2.29. The van der Waals surface area contributed by atoms with Gasteiger partial charge in [0.1, 0.15) is 0 Å². The van der Waals surface area contributed by atoms with Gasteiger partial charge in [-0.3, -0.25) is 10.8 Å². The number of aromatic nitrogens is 1. The molecule has 1 aromatic heterocycles. The van der Waals surface area contributed by atoms with E-state index >= 15 is 0 Å². The maximum Gasteiger partial charge on any atom is 0.0888 e. The lowest BCUT2D eigenvalue weighted by atomic mass is 10.3. The number of nitrogen functional groups attached to an aromatic ring is 1. The van der Waals surface area contributed by atoms with Gasteiger partial charge in [-0.25, -0.2) is 0 Å². The van der Waals surface area contributed by atoms with E-state index in [1.165, 1.54) is 0 Å². The minimum absolute atomic E-state index is 0.499. The highest BCUT2D eigenvalue weighted by atomic mass is 16.5. The fourth-order valence-electron chi connectivity index (χ4n) is 1.13. The summed E-state index contributed by atoms with van der Waals surface area (Å²) in [5, 5.41) is 0. The van der Waals surface area contributed by atoms with Crippen molar-refractivity contribution < 1.29 is 9.47 Å². The molecule has 0 aliphatic heterocycles. The molecule has 0 saturated carbocycles. The van der Waals surface area contributed by atoms with Crippen LogP contribution in [0.4, 0.5) is 5.69 Å². The molecule has 0 amide bonds. The van der Waals surface area contributed by atoms with Gasteiger partial charge in [-0.05, 0) is 18.6 Å². The molecule has 1 rings (SSSR count). The molecule has 3 N–H and O–H groups in total. The van der Waals surface area contributed by atoms with Gasteiger partial charge in [-0.15, -0.1) is 0 Å². The topological polar surface area (TPSA) is 69.4 Å². The zero-order chi connectivity index (χ0) is 10.9. The van der Waals surface area contributed by atoms with E-state index in [0.29, 0.717) is 13.2 Å². The van der Waals surface area contributed by atoms with Crippen LogP contribution in [0, 0.1) is 0 Å². The minimum Gasteiger partial charge on any atom is -0.385 e. The van der Waals surface area contributed by atoms with Crippen LogP contribution in [0.25, 0.3) is 0 Å². The third-order valence-electron chi connectivity index (χ3n) is 1.87. The molecule has 0 atom stereocenters. The molecule has 0 fully saturated rings. The van der Waals surface area contributed by atoms with Crippen molar-refractivity contribution >= 4 is 5.69 Å². The fourth-order valence-corrected chi connectivity index (χ4v) is 1.13. The zero-order valence-corrected chi connectivity index (χ0v) is 8.90. The Labute approximate surface area is 89.6 Å². The summed E-state index contributed by atoms with van der Waals surface area (Å²) < 4.78 is 10.3. The second kappa shape index (κ2) is 7.17. The Bertz CT molecular complexity index is 281. The molecule has 0 aliphatic rings. The monoisotopic (exact) mass is 211 g/mol. The highest BCUT2D eigenvalue weighted by molar-refractivity contribution is 5.41. The molecule has 5 heteroatoms. The number of pyridine rings is 1. The van der Waals surface area contributed by atoms with Crippen LogP contribution in [0.15, 0.2) is 18.3 Å². The number of nitrogens with zero attached hydrogens (tertiary/aromatic N) is 1. The summed E-state index contributed by atoms with van der Waals surface area (Å²) in [6.07, 6.45) is 2.59. The quantitative estimate of drug-likeness (QED) is 0.399. The van der Waals surface area contributed by atoms with Crippen LogP contribution >= 0.6 is 0 Å². The molecule has 84 valence electrons. The van der Waals surface area contributed by atoms with Gasteiger partial charge in [-0.1, -0.05) is 0 Å². The van der Waals surface area contributed by atoms with Gasteiger partial charge in [0.05, 0.1) is 18.0 Å². The maximum absolute atomic E-state index is 5.41. The van der Waals surface area contributed by atoms with Crippen molar-refractivity contribution in [2.45, 2.75) is 13.0 Å². The number of hydrogen-bond donors (Lipinski definition) is 2. The first-order valence-electron chi connectivity index (χ1n) is 4.85. The Balaban J connectivity index is 2.24. The van der Waals surface area contributed by atoms with Crippen LogP contribution in [-0.4, -0.2) is 25.3 Å². The maximum atomic E-state index is 5.41. The first kappa shape index (κ1) is 11.9. The number of methoxy groups -OCH3 is 1. The number of hydrazine groups is 1. The Kier molecular flexibility index (Phi) is 5.69. The predicted octanol–water partition coefficient (Wildman–Crippen LogP) is 0.920. The fraction of sp³-hybridized carbons (Fsp3) is 0.500. The second-order valence-corrected chi connectivity index (χ2v) is 3.08. The molecule has 0 aromatic carbocycles. The molecule has 5 nitrogen and oxygen atoms in total. The van der Waals surface area contributed by atoms with Crippen molar-refractivity contribution in [1.82, 2.24) is 4.98 Å². The van der Waals surface area contributed by atoms with Gasteiger partial charge in [0.2, 0.25) is 0 Å². The third kappa shape index (κ3) is 4.73. The molecule has 0 unspecified atom stereocenters. The van der Waals surface area contributed by atoms with Crippen molar-refractivity contribution in [2.75, 3.05) is 25.7 Å². The Morgan fingerprint density at radius 1 is 1.47 bits per heavy atom. The molecule has 0 bridgehead atoms. The van der Waals surface area contributed by atoms with Crippen LogP contribution in [-0.2, 0) is 16.1 Å². The van der Waals surface area contributed by atoms with Crippen LogP contribution in [0.2, 0.25) is 0 Å². The van der Waals surface area contributed by atoms with E-state index in [2.05, 4.69) is 10.4 Å². The molecule has 0 radical (unpaired) electrons. The van der Waals surface area contributed by atoms with Crippen LogP contribution in [0.5, 0.6) is 0 Å². The Morgan fingerprint density at radius 3 is 3.07 bits per heavy atom. The molecule has 0 saturated heterocycles. The Hall–Kier alpha value is -1.17. The van der Waals surface area contributed by atoms with Crippen LogP contribution in [0.1, 0.15) is 12.1 Å². The van der Waals surface area contributed by atoms with Crippen LogP contribution < -0.4 is 11.3 Å². The van der Waals surface area contributed by atoms with E-state index in [-0.39, 0.29) is 0 Å². The number of hydrogen-bond acceptors (Lipinski definition) is 5. The molecule has 15 heavy (non-hydrogen) atoms. The lowest BCUT2D eigenvalue weighted by molar-refractivity contribution is 0.0911.